The van der Waals surface area contributed by atoms with Crippen molar-refractivity contribution < 1.29 is 51.4 Å². The topological polar surface area (TPSA) is 0 Å². The first-order valence-corrected chi connectivity index (χ1v) is 3.45. The first-order chi connectivity index (χ1) is 4.74. The molecule has 0 aliphatic rings. The van der Waals surface area contributed by atoms with Gasteiger partial charge in [-0.1, -0.05) is 5.56 Å². The third kappa shape index (κ3) is 3.30. The number of hydrogen-bond acceptors (Lipinski definition) is 0. The average Bonchev–Trinajstić information content (AvgIpc) is 1.94. The molecule has 11 heavy (non-hydrogen) atoms. The molecule has 0 unspecified atom stereocenters. The summed E-state index contributed by atoms with van der Waals surface area (Å²) in [6, 6.07) is 6.24. The maximum atomic E-state index is 3.89. The van der Waals surface area contributed by atoms with Gasteiger partial charge in [-0.3, -0.25) is 0 Å². The smallest absolute Gasteiger partial charge is 0.350 e. The Kier molecular flexibility index (Phi) is 5.74. The molecule has 0 amide bonds. The molecule has 0 fully saturated rings. The van der Waals surface area contributed by atoms with Crippen LogP contribution in [0, 0.1) is 20.8 Å². The van der Waals surface area contributed by atoms with Crippen LogP contribution in [-0.4, -0.2) is 0 Å². The Morgan fingerprint density at radius 3 is 2.45 bits per heavy atom. The monoisotopic (exact) mass is 171 g/mol. The number of aryl methyl sites for hydroxylation is 1. The average molecular weight is 171 g/mol. The standard InChI is InChI=1S/C10H12.K/c1-4-10-7-8(2)5-6-9(10)3;/h5-7H,1,3-4H2,2H3;/q-2;+1. The molecule has 0 heterocycles. The minimum atomic E-state index is 0. The van der Waals surface area contributed by atoms with Gasteiger partial charge in [-0.25, -0.2) is 6.42 Å². The third-order valence-corrected chi connectivity index (χ3v) is 1.63. The maximum Gasteiger partial charge on any atom is 1.00 e. The summed E-state index contributed by atoms with van der Waals surface area (Å²) in [5.74, 6) is 0. The molecule has 0 atom stereocenters. The van der Waals surface area contributed by atoms with Crippen molar-refractivity contribution in [2.75, 3.05) is 0 Å². The van der Waals surface area contributed by atoms with E-state index >= 15 is 0 Å². The second-order valence-electron chi connectivity index (χ2n) is 2.52. The molecule has 0 aliphatic carbocycles. The van der Waals surface area contributed by atoms with Crippen molar-refractivity contribution >= 4 is 0 Å². The van der Waals surface area contributed by atoms with Crippen LogP contribution in [0.2, 0.25) is 0 Å². The molecule has 1 rings (SSSR count). The zero-order chi connectivity index (χ0) is 7.56. The molecule has 1 aromatic rings. The van der Waals surface area contributed by atoms with Crippen LogP contribution in [0.1, 0.15) is 16.7 Å². The molecule has 0 bridgehead atoms. The van der Waals surface area contributed by atoms with E-state index in [0.29, 0.717) is 0 Å². The van der Waals surface area contributed by atoms with Gasteiger partial charge in [0.25, 0.3) is 0 Å². The molecule has 0 aromatic heterocycles. The third-order valence-electron chi connectivity index (χ3n) is 1.63. The van der Waals surface area contributed by atoms with Gasteiger partial charge in [0.15, 0.2) is 0 Å². The van der Waals surface area contributed by atoms with E-state index in [4.69, 9.17) is 0 Å². The quantitative estimate of drug-likeness (QED) is 0.397. The molecular formula is C10H12K-. The van der Waals surface area contributed by atoms with Gasteiger partial charge in [0.1, 0.15) is 0 Å². The fraction of sp³-hybridized carbons (Fsp3) is 0.200. The molecule has 0 spiro atoms. The predicted molar refractivity (Wildman–Crippen MR) is 44.7 cm³/mol. The van der Waals surface area contributed by atoms with Gasteiger partial charge in [0.05, 0.1) is 0 Å². The van der Waals surface area contributed by atoms with Gasteiger partial charge in [0.2, 0.25) is 0 Å². The predicted octanol–water partition coefficient (Wildman–Crippen LogP) is -0.442. The number of hydrogen-bond donors (Lipinski definition) is 0. The Hall–Kier alpha value is 0.726. The van der Waals surface area contributed by atoms with E-state index in [9.17, 15) is 0 Å². The van der Waals surface area contributed by atoms with E-state index in [1.807, 2.05) is 6.07 Å². The summed E-state index contributed by atoms with van der Waals surface area (Å²) in [6.07, 6.45) is 0.834. The van der Waals surface area contributed by atoms with Gasteiger partial charge < -0.3 is 6.92 Å². The van der Waals surface area contributed by atoms with E-state index in [1.54, 1.807) is 0 Å². The van der Waals surface area contributed by atoms with E-state index in [2.05, 4.69) is 32.9 Å². The minimum absolute atomic E-state index is 0. The molecule has 54 valence electrons. The molecule has 0 aliphatic heterocycles. The second-order valence-corrected chi connectivity index (χ2v) is 2.52. The van der Waals surface area contributed by atoms with Gasteiger partial charge in [-0.05, 0) is 6.92 Å². The van der Waals surface area contributed by atoms with Crippen LogP contribution in [-0.2, 0) is 6.42 Å². The second kappa shape index (κ2) is 5.39. The van der Waals surface area contributed by atoms with Crippen molar-refractivity contribution in [3.63, 3.8) is 0 Å². The van der Waals surface area contributed by atoms with Crippen molar-refractivity contribution in [1.82, 2.24) is 0 Å². The molecule has 0 nitrogen and oxygen atoms in total. The van der Waals surface area contributed by atoms with Crippen molar-refractivity contribution in [2.45, 2.75) is 13.3 Å². The summed E-state index contributed by atoms with van der Waals surface area (Å²) in [4.78, 5) is 0. The minimum Gasteiger partial charge on any atom is -0.350 e. The Labute approximate surface area is 112 Å². The summed E-state index contributed by atoms with van der Waals surface area (Å²) in [7, 11) is 0. The van der Waals surface area contributed by atoms with Crippen LogP contribution in [0.3, 0.4) is 0 Å². The molecule has 0 N–H and O–H groups in total. The van der Waals surface area contributed by atoms with Crippen LogP contribution in [0.15, 0.2) is 18.2 Å². The van der Waals surface area contributed by atoms with Gasteiger partial charge in [0, 0.05) is 0 Å². The fourth-order valence-electron chi connectivity index (χ4n) is 0.987. The Balaban J connectivity index is 0.000001000. The van der Waals surface area contributed by atoms with Crippen molar-refractivity contribution in [2.24, 2.45) is 0 Å². The summed E-state index contributed by atoms with van der Waals surface area (Å²) >= 11 is 0. The number of rotatable bonds is 1. The molecule has 0 saturated carbocycles. The fourth-order valence-corrected chi connectivity index (χ4v) is 0.987. The maximum absolute atomic E-state index is 3.89. The van der Waals surface area contributed by atoms with Gasteiger partial charge >= 0.3 is 51.4 Å². The summed E-state index contributed by atoms with van der Waals surface area (Å²) in [5.41, 5.74) is 3.63. The van der Waals surface area contributed by atoms with E-state index in [-0.39, 0.29) is 51.4 Å². The van der Waals surface area contributed by atoms with E-state index < -0.39 is 0 Å². The Morgan fingerprint density at radius 2 is 2.00 bits per heavy atom. The molecule has 0 saturated heterocycles. The summed E-state index contributed by atoms with van der Waals surface area (Å²) in [6.45, 7) is 9.79. The Morgan fingerprint density at radius 1 is 1.36 bits per heavy atom. The SMILES string of the molecule is [CH2-]Cc1cc(C)ccc1[CH2-].[K+]. The van der Waals surface area contributed by atoms with Crippen LogP contribution >= 0.6 is 0 Å². The zero-order valence-electron chi connectivity index (χ0n) is 7.35. The first-order valence-electron chi connectivity index (χ1n) is 3.45. The van der Waals surface area contributed by atoms with Crippen LogP contribution < -0.4 is 51.4 Å². The van der Waals surface area contributed by atoms with Crippen LogP contribution in [0.5, 0.6) is 0 Å². The largest absolute Gasteiger partial charge is 1.00 e. The number of benzene rings is 1. The molecular weight excluding hydrogens is 159 g/mol. The van der Waals surface area contributed by atoms with Crippen LogP contribution in [0.25, 0.3) is 0 Å². The summed E-state index contributed by atoms with van der Waals surface area (Å²) < 4.78 is 0. The molecule has 1 heteroatoms. The zero-order valence-corrected chi connectivity index (χ0v) is 10.5. The van der Waals surface area contributed by atoms with Crippen molar-refractivity contribution in [3.05, 3.63) is 48.7 Å². The van der Waals surface area contributed by atoms with E-state index in [1.165, 1.54) is 11.1 Å². The first kappa shape index (κ1) is 11.7. The molecule has 1 aromatic carbocycles. The van der Waals surface area contributed by atoms with Crippen LogP contribution in [0.4, 0.5) is 0 Å². The Bertz CT molecular complexity index is 228. The van der Waals surface area contributed by atoms with Crippen molar-refractivity contribution in [3.8, 4) is 0 Å². The van der Waals surface area contributed by atoms with E-state index in [0.717, 1.165) is 12.0 Å². The summed E-state index contributed by atoms with van der Waals surface area (Å²) in [5, 5.41) is 0. The van der Waals surface area contributed by atoms with Crippen molar-refractivity contribution in [1.29, 1.82) is 0 Å². The normalized spacial score (nSPS) is 8.91. The van der Waals surface area contributed by atoms with Gasteiger partial charge in [-0.2, -0.15) is 24.1 Å². The molecule has 0 radical (unpaired) electrons. The van der Waals surface area contributed by atoms with Gasteiger partial charge in [-0.15, -0.1) is 12.1 Å².